The van der Waals surface area contributed by atoms with Gasteiger partial charge in [0.15, 0.2) is 0 Å². The maximum absolute atomic E-state index is 10.1. The van der Waals surface area contributed by atoms with Crippen LogP contribution in [0, 0.1) is 0 Å². The van der Waals surface area contributed by atoms with Crippen molar-refractivity contribution in [2.24, 2.45) is 0 Å². The van der Waals surface area contributed by atoms with Gasteiger partial charge in [0.1, 0.15) is 6.29 Å². The second-order valence-corrected chi connectivity index (χ2v) is 4.48. The summed E-state index contributed by atoms with van der Waals surface area (Å²) in [4.78, 5) is 10.1. The van der Waals surface area contributed by atoms with Gasteiger partial charge in [-0.3, -0.25) is 0 Å². The van der Waals surface area contributed by atoms with Crippen molar-refractivity contribution >= 4 is 6.29 Å². The predicted octanol–water partition coefficient (Wildman–Crippen LogP) is 5.05. The van der Waals surface area contributed by atoms with E-state index in [9.17, 15) is 4.79 Å². The molecule has 0 heterocycles. The molecule has 0 aromatic heterocycles. The number of carbonyl (C=O) groups excluding carboxylic acids is 1. The molecule has 16 heavy (non-hydrogen) atoms. The van der Waals surface area contributed by atoms with E-state index >= 15 is 0 Å². The Labute approximate surface area is 101 Å². The summed E-state index contributed by atoms with van der Waals surface area (Å²) in [6, 6.07) is 0. The molecule has 1 heteroatoms. The number of hydrogen-bond acceptors (Lipinski definition) is 1. The number of allylic oxidation sites excluding steroid dienone is 2. The Kier molecular flexibility index (Phi) is 13.9. The molecular formula is C15H28O. The largest absolute Gasteiger partial charge is 0.303 e. The molecule has 0 aliphatic rings. The van der Waals surface area contributed by atoms with Crippen molar-refractivity contribution in [2.45, 2.75) is 77.6 Å². The Morgan fingerprint density at radius 2 is 1.25 bits per heavy atom. The van der Waals surface area contributed by atoms with Crippen LogP contribution >= 0.6 is 0 Å². The number of rotatable bonds is 12. The highest BCUT2D eigenvalue weighted by molar-refractivity contribution is 5.48. The Balaban J connectivity index is 2.99. The van der Waals surface area contributed by atoms with E-state index in [-0.39, 0.29) is 0 Å². The summed E-state index contributed by atoms with van der Waals surface area (Å²) in [6.45, 7) is 2.26. The van der Waals surface area contributed by atoms with E-state index < -0.39 is 0 Å². The van der Waals surface area contributed by atoms with E-state index in [0.29, 0.717) is 6.42 Å². The van der Waals surface area contributed by atoms with Crippen molar-refractivity contribution in [3.05, 3.63) is 12.2 Å². The maximum atomic E-state index is 10.1. The minimum Gasteiger partial charge on any atom is -0.303 e. The second kappa shape index (κ2) is 14.4. The van der Waals surface area contributed by atoms with Crippen molar-refractivity contribution in [1.82, 2.24) is 0 Å². The quantitative estimate of drug-likeness (QED) is 0.257. The van der Waals surface area contributed by atoms with Crippen LogP contribution < -0.4 is 0 Å². The minimum absolute atomic E-state index is 0.710. The molecule has 0 saturated carbocycles. The molecule has 0 fully saturated rings. The fourth-order valence-corrected chi connectivity index (χ4v) is 1.77. The van der Waals surface area contributed by atoms with Crippen LogP contribution in [0.3, 0.4) is 0 Å². The van der Waals surface area contributed by atoms with Crippen LogP contribution in [0.5, 0.6) is 0 Å². The van der Waals surface area contributed by atoms with Crippen LogP contribution in [0.4, 0.5) is 0 Å². The number of unbranched alkanes of at least 4 members (excludes halogenated alkanes) is 9. The second-order valence-electron chi connectivity index (χ2n) is 4.48. The molecule has 0 aliphatic heterocycles. The Hall–Kier alpha value is -0.590. The minimum atomic E-state index is 0.710. The van der Waals surface area contributed by atoms with Crippen LogP contribution in [0.25, 0.3) is 0 Å². The van der Waals surface area contributed by atoms with Crippen LogP contribution in [-0.4, -0.2) is 6.29 Å². The van der Waals surface area contributed by atoms with E-state index in [0.717, 1.165) is 19.1 Å². The Bertz CT molecular complexity index is 161. The van der Waals surface area contributed by atoms with E-state index in [2.05, 4.69) is 19.1 Å². The van der Waals surface area contributed by atoms with Gasteiger partial charge < -0.3 is 4.79 Å². The van der Waals surface area contributed by atoms with Crippen LogP contribution in [0.15, 0.2) is 12.2 Å². The first kappa shape index (κ1) is 15.4. The lowest BCUT2D eigenvalue weighted by atomic mass is 10.1. The van der Waals surface area contributed by atoms with Crippen LogP contribution in [0.1, 0.15) is 77.6 Å². The smallest absolute Gasteiger partial charge is 0.120 e. The molecule has 0 N–H and O–H groups in total. The first-order valence-electron chi connectivity index (χ1n) is 7.00. The molecule has 0 amide bonds. The van der Waals surface area contributed by atoms with Gasteiger partial charge in [-0.1, -0.05) is 57.6 Å². The number of aldehydes is 1. The van der Waals surface area contributed by atoms with Crippen molar-refractivity contribution in [3.8, 4) is 0 Å². The number of carbonyl (C=O) groups is 1. The highest BCUT2D eigenvalue weighted by atomic mass is 16.1. The lowest BCUT2D eigenvalue weighted by molar-refractivity contribution is -0.107. The first-order chi connectivity index (χ1) is 7.91. The van der Waals surface area contributed by atoms with Gasteiger partial charge in [0.05, 0.1) is 0 Å². The zero-order chi connectivity index (χ0) is 11.9. The standard InChI is InChI=1S/C15H28O/c1-2-3-4-5-6-7-8-9-10-11-12-13-14-15-16/h10-11,15H,2-9,12-14H2,1H3/b11-10-. The molecule has 0 unspecified atom stereocenters. The molecule has 1 nitrogen and oxygen atoms in total. The van der Waals surface area contributed by atoms with Crippen molar-refractivity contribution in [2.75, 3.05) is 0 Å². The zero-order valence-corrected chi connectivity index (χ0v) is 10.9. The summed E-state index contributed by atoms with van der Waals surface area (Å²) in [5.74, 6) is 0. The molecule has 0 atom stereocenters. The molecule has 94 valence electrons. The Morgan fingerprint density at radius 1 is 0.688 bits per heavy atom. The Morgan fingerprint density at radius 3 is 1.88 bits per heavy atom. The average Bonchev–Trinajstić information content (AvgIpc) is 2.31. The van der Waals surface area contributed by atoms with Crippen LogP contribution in [-0.2, 0) is 4.79 Å². The molecule has 0 aromatic rings. The van der Waals surface area contributed by atoms with Gasteiger partial charge in [0.25, 0.3) is 0 Å². The van der Waals surface area contributed by atoms with Gasteiger partial charge in [0, 0.05) is 6.42 Å². The van der Waals surface area contributed by atoms with Gasteiger partial charge in [0.2, 0.25) is 0 Å². The summed E-state index contributed by atoms with van der Waals surface area (Å²) < 4.78 is 0. The lowest BCUT2D eigenvalue weighted by Gasteiger charge is -1.98. The third-order valence-electron chi connectivity index (χ3n) is 2.83. The fraction of sp³-hybridized carbons (Fsp3) is 0.800. The third-order valence-corrected chi connectivity index (χ3v) is 2.83. The molecule has 0 radical (unpaired) electrons. The molecule has 0 spiro atoms. The normalized spacial score (nSPS) is 11.1. The van der Waals surface area contributed by atoms with E-state index in [1.165, 1.54) is 51.4 Å². The fourth-order valence-electron chi connectivity index (χ4n) is 1.77. The summed E-state index contributed by atoms with van der Waals surface area (Å²) in [7, 11) is 0. The summed E-state index contributed by atoms with van der Waals surface area (Å²) >= 11 is 0. The molecule has 0 aliphatic carbocycles. The van der Waals surface area contributed by atoms with Crippen molar-refractivity contribution in [3.63, 3.8) is 0 Å². The predicted molar refractivity (Wildman–Crippen MR) is 71.7 cm³/mol. The van der Waals surface area contributed by atoms with Crippen LogP contribution in [0.2, 0.25) is 0 Å². The van der Waals surface area contributed by atoms with E-state index in [1.807, 2.05) is 0 Å². The topological polar surface area (TPSA) is 17.1 Å². The highest BCUT2D eigenvalue weighted by Crippen LogP contribution is 2.08. The summed E-state index contributed by atoms with van der Waals surface area (Å²) in [5, 5.41) is 0. The summed E-state index contributed by atoms with van der Waals surface area (Å²) in [6.07, 6.45) is 19.2. The maximum Gasteiger partial charge on any atom is 0.120 e. The zero-order valence-electron chi connectivity index (χ0n) is 10.9. The van der Waals surface area contributed by atoms with Crippen molar-refractivity contribution in [1.29, 1.82) is 0 Å². The SMILES string of the molecule is CCCCCCCCC/C=C\CCCC=O. The molecular weight excluding hydrogens is 196 g/mol. The van der Waals surface area contributed by atoms with E-state index in [1.54, 1.807) is 0 Å². The average molecular weight is 224 g/mol. The summed E-state index contributed by atoms with van der Waals surface area (Å²) in [5.41, 5.74) is 0. The molecule has 0 saturated heterocycles. The molecule has 0 bridgehead atoms. The van der Waals surface area contributed by atoms with Gasteiger partial charge >= 0.3 is 0 Å². The van der Waals surface area contributed by atoms with Gasteiger partial charge in [-0.25, -0.2) is 0 Å². The molecule has 0 aromatic carbocycles. The van der Waals surface area contributed by atoms with Crippen molar-refractivity contribution < 1.29 is 4.79 Å². The number of hydrogen-bond donors (Lipinski definition) is 0. The van der Waals surface area contributed by atoms with E-state index in [4.69, 9.17) is 0 Å². The van der Waals surface area contributed by atoms with Gasteiger partial charge in [-0.15, -0.1) is 0 Å². The van der Waals surface area contributed by atoms with Gasteiger partial charge in [-0.05, 0) is 25.7 Å². The first-order valence-corrected chi connectivity index (χ1v) is 7.00. The molecule has 0 rings (SSSR count). The highest BCUT2D eigenvalue weighted by Gasteiger charge is 1.89. The monoisotopic (exact) mass is 224 g/mol. The van der Waals surface area contributed by atoms with Gasteiger partial charge in [-0.2, -0.15) is 0 Å². The third kappa shape index (κ3) is 13.4. The lowest BCUT2D eigenvalue weighted by Crippen LogP contribution is -1.79.